The van der Waals surface area contributed by atoms with Crippen molar-refractivity contribution in [2.45, 2.75) is 46.7 Å². The summed E-state index contributed by atoms with van der Waals surface area (Å²) in [6, 6.07) is 4.80. The first kappa shape index (κ1) is 14.1. The van der Waals surface area contributed by atoms with Gasteiger partial charge in [-0.1, -0.05) is 13.8 Å². The highest BCUT2D eigenvalue weighted by atomic mass is 32.1. The Morgan fingerprint density at radius 3 is 2.74 bits per heavy atom. The predicted molar refractivity (Wildman–Crippen MR) is 82.9 cm³/mol. The lowest BCUT2D eigenvalue weighted by molar-refractivity contribution is 0.524. The van der Waals surface area contributed by atoms with Gasteiger partial charge in [0.25, 0.3) is 0 Å². The standard InChI is InChI=1S/C15H23N3S/c1-11(2)10-18-8-7-16-15(18)17-12(3)9-14-6-5-13(4)19-14/h5-8,11-12H,9-10H2,1-4H3,(H,16,17). The highest BCUT2D eigenvalue weighted by Crippen LogP contribution is 2.18. The van der Waals surface area contributed by atoms with E-state index in [9.17, 15) is 0 Å². The second kappa shape index (κ2) is 6.24. The molecule has 0 aliphatic heterocycles. The molecule has 2 rings (SSSR count). The fourth-order valence-corrected chi connectivity index (χ4v) is 3.18. The van der Waals surface area contributed by atoms with Gasteiger partial charge in [-0.25, -0.2) is 4.98 Å². The topological polar surface area (TPSA) is 29.9 Å². The number of nitrogens with zero attached hydrogens (tertiary/aromatic N) is 2. The highest BCUT2D eigenvalue weighted by Gasteiger charge is 2.09. The number of imidazole rings is 1. The van der Waals surface area contributed by atoms with Crippen LogP contribution in [0.5, 0.6) is 0 Å². The van der Waals surface area contributed by atoms with Gasteiger partial charge in [0, 0.05) is 41.2 Å². The summed E-state index contributed by atoms with van der Waals surface area (Å²) in [5.74, 6) is 1.61. The Kier molecular flexibility index (Phi) is 4.64. The molecule has 0 saturated heterocycles. The molecule has 0 fully saturated rings. The molecule has 0 saturated carbocycles. The Morgan fingerprint density at radius 1 is 1.32 bits per heavy atom. The minimum absolute atomic E-state index is 0.395. The molecule has 2 aromatic rings. The molecule has 0 aromatic carbocycles. The van der Waals surface area contributed by atoms with E-state index in [1.165, 1.54) is 9.75 Å². The van der Waals surface area contributed by atoms with E-state index in [0.29, 0.717) is 12.0 Å². The molecule has 0 radical (unpaired) electrons. The van der Waals surface area contributed by atoms with Gasteiger partial charge in [-0.15, -0.1) is 11.3 Å². The molecule has 1 atom stereocenters. The van der Waals surface area contributed by atoms with Crippen LogP contribution in [0, 0.1) is 12.8 Å². The quantitative estimate of drug-likeness (QED) is 0.866. The molecule has 104 valence electrons. The third-order valence-corrected chi connectivity index (χ3v) is 3.98. The Bertz CT molecular complexity index is 513. The van der Waals surface area contributed by atoms with Gasteiger partial charge in [0.2, 0.25) is 5.95 Å². The van der Waals surface area contributed by atoms with E-state index in [-0.39, 0.29) is 0 Å². The molecule has 0 bridgehead atoms. The second-order valence-corrected chi connectivity index (χ2v) is 6.93. The average molecular weight is 277 g/mol. The summed E-state index contributed by atoms with van der Waals surface area (Å²) in [6.07, 6.45) is 4.96. The van der Waals surface area contributed by atoms with E-state index < -0.39 is 0 Å². The van der Waals surface area contributed by atoms with Crippen molar-refractivity contribution in [3.05, 3.63) is 34.3 Å². The van der Waals surface area contributed by atoms with Crippen molar-refractivity contribution < 1.29 is 0 Å². The van der Waals surface area contributed by atoms with Crippen LogP contribution in [0.4, 0.5) is 5.95 Å². The van der Waals surface area contributed by atoms with Crippen LogP contribution in [0.25, 0.3) is 0 Å². The Morgan fingerprint density at radius 2 is 2.11 bits per heavy atom. The lowest BCUT2D eigenvalue weighted by atomic mass is 10.2. The van der Waals surface area contributed by atoms with Crippen LogP contribution in [0.15, 0.2) is 24.5 Å². The minimum atomic E-state index is 0.395. The third-order valence-electron chi connectivity index (χ3n) is 2.96. The van der Waals surface area contributed by atoms with E-state index >= 15 is 0 Å². The van der Waals surface area contributed by atoms with E-state index in [1.54, 1.807) is 0 Å². The van der Waals surface area contributed by atoms with Crippen LogP contribution in [0.3, 0.4) is 0 Å². The van der Waals surface area contributed by atoms with Crippen molar-refractivity contribution >= 4 is 17.3 Å². The highest BCUT2D eigenvalue weighted by molar-refractivity contribution is 7.11. The van der Waals surface area contributed by atoms with E-state index in [2.05, 4.69) is 54.7 Å². The zero-order valence-corrected chi connectivity index (χ0v) is 13.0. The lowest BCUT2D eigenvalue weighted by Crippen LogP contribution is -2.21. The van der Waals surface area contributed by atoms with E-state index in [4.69, 9.17) is 0 Å². The van der Waals surface area contributed by atoms with E-state index in [1.807, 2.05) is 23.7 Å². The van der Waals surface area contributed by atoms with Gasteiger partial charge in [0.15, 0.2) is 0 Å². The smallest absolute Gasteiger partial charge is 0.202 e. The Balaban J connectivity index is 1.95. The van der Waals surface area contributed by atoms with Crippen molar-refractivity contribution in [2.24, 2.45) is 5.92 Å². The van der Waals surface area contributed by atoms with Gasteiger partial charge in [-0.05, 0) is 31.9 Å². The SMILES string of the molecule is Cc1ccc(CC(C)Nc2nccn2CC(C)C)s1. The number of aryl methyl sites for hydroxylation is 1. The van der Waals surface area contributed by atoms with Gasteiger partial charge >= 0.3 is 0 Å². The molecule has 0 aliphatic rings. The number of rotatable bonds is 6. The average Bonchev–Trinajstić information content (AvgIpc) is 2.88. The Hall–Kier alpha value is -1.29. The number of thiophene rings is 1. The fraction of sp³-hybridized carbons (Fsp3) is 0.533. The van der Waals surface area contributed by atoms with Gasteiger partial charge in [0.1, 0.15) is 0 Å². The maximum absolute atomic E-state index is 4.41. The Labute approximate surface area is 119 Å². The summed E-state index contributed by atoms with van der Waals surface area (Å²) in [5, 5.41) is 3.51. The molecule has 19 heavy (non-hydrogen) atoms. The van der Waals surface area contributed by atoms with Gasteiger partial charge in [-0.3, -0.25) is 0 Å². The van der Waals surface area contributed by atoms with Gasteiger partial charge in [-0.2, -0.15) is 0 Å². The number of hydrogen-bond donors (Lipinski definition) is 1. The fourth-order valence-electron chi connectivity index (χ4n) is 2.16. The van der Waals surface area contributed by atoms with E-state index in [0.717, 1.165) is 18.9 Å². The first-order valence-electron chi connectivity index (χ1n) is 6.87. The number of anilines is 1. The molecule has 1 unspecified atom stereocenters. The molecular weight excluding hydrogens is 254 g/mol. The summed E-state index contributed by atoms with van der Waals surface area (Å²) in [4.78, 5) is 7.22. The molecule has 0 aliphatic carbocycles. The van der Waals surface area contributed by atoms with Crippen molar-refractivity contribution in [3.63, 3.8) is 0 Å². The summed E-state index contributed by atoms with van der Waals surface area (Å²) in [5.41, 5.74) is 0. The largest absolute Gasteiger partial charge is 0.353 e. The van der Waals surface area contributed by atoms with Crippen molar-refractivity contribution in [1.82, 2.24) is 9.55 Å². The summed E-state index contributed by atoms with van der Waals surface area (Å²) >= 11 is 1.88. The first-order chi connectivity index (χ1) is 9.04. The summed E-state index contributed by atoms with van der Waals surface area (Å²) < 4.78 is 2.20. The molecule has 2 aromatic heterocycles. The number of hydrogen-bond acceptors (Lipinski definition) is 3. The molecule has 0 spiro atoms. The van der Waals surface area contributed by atoms with Crippen LogP contribution in [-0.2, 0) is 13.0 Å². The number of aromatic nitrogens is 2. The van der Waals surface area contributed by atoms with Crippen LogP contribution in [0.2, 0.25) is 0 Å². The maximum Gasteiger partial charge on any atom is 0.202 e. The second-order valence-electron chi connectivity index (χ2n) is 5.56. The first-order valence-corrected chi connectivity index (χ1v) is 7.69. The normalized spacial score (nSPS) is 12.9. The van der Waals surface area contributed by atoms with Crippen molar-refractivity contribution in [2.75, 3.05) is 5.32 Å². The third kappa shape index (κ3) is 4.10. The number of nitrogens with one attached hydrogen (secondary N) is 1. The van der Waals surface area contributed by atoms with Crippen LogP contribution in [-0.4, -0.2) is 15.6 Å². The molecule has 2 heterocycles. The zero-order chi connectivity index (χ0) is 13.8. The van der Waals surface area contributed by atoms with Gasteiger partial charge in [0.05, 0.1) is 0 Å². The summed E-state index contributed by atoms with van der Waals surface area (Å²) in [7, 11) is 0. The zero-order valence-electron chi connectivity index (χ0n) is 12.2. The molecular formula is C15H23N3S. The minimum Gasteiger partial charge on any atom is -0.353 e. The van der Waals surface area contributed by atoms with Crippen molar-refractivity contribution in [1.29, 1.82) is 0 Å². The monoisotopic (exact) mass is 277 g/mol. The molecule has 1 N–H and O–H groups in total. The molecule has 4 heteroatoms. The predicted octanol–water partition coefficient (Wildman–Crippen LogP) is 3.95. The van der Waals surface area contributed by atoms with Crippen molar-refractivity contribution in [3.8, 4) is 0 Å². The molecule has 0 amide bonds. The van der Waals surface area contributed by atoms with Crippen LogP contribution in [0.1, 0.15) is 30.5 Å². The van der Waals surface area contributed by atoms with Crippen LogP contribution < -0.4 is 5.32 Å². The maximum atomic E-state index is 4.41. The lowest BCUT2D eigenvalue weighted by Gasteiger charge is -2.16. The van der Waals surface area contributed by atoms with Crippen LogP contribution >= 0.6 is 11.3 Å². The van der Waals surface area contributed by atoms with Gasteiger partial charge < -0.3 is 9.88 Å². The summed E-state index contributed by atoms with van der Waals surface area (Å²) in [6.45, 7) is 9.82. The molecule has 3 nitrogen and oxygen atoms in total.